The first-order chi connectivity index (χ1) is 15.7. The first-order valence-electron chi connectivity index (χ1n) is 11.1. The second-order valence-corrected chi connectivity index (χ2v) is 9.72. The Labute approximate surface area is 239 Å². The molecule has 1 unspecified atom stereocenters. The van der Waals surface area contributed by atoms with Gasteiger partial charge in [0.25, 0.3) is 0 Å². The molecule has 35 heavy (non-hydrogen) atoms. The summed E-state index contributed by atoms with van der Waals surface area (Å²) in [5, 5.41) is 0. The molecule has 1 aliphatic rings. The van der Waals surface area contributed by atoms with Crippen molar-refractivity contribution in [2.75, 3.05) is 0 Å². The van der Waals surface area contributed by atoms with Gasteiger partial charge in [-0.2, -0.15) is 0 Å². The van der Waals surface area contributed by atoms with Crippen LogP contribution in [-0.4, -0.2) is 0 Å². The molecule has 1 aliphatic carbocycles. The van der Waals surface area contributed by atoms with E-state index in [4.69, 9.17) is 0 Å². The van der Waals surface area contributed by atoms with Gasteiger partial charge in [-0.25, -0.2) is 0 Å². The van der Waals surface area contributed by atoms with Gasteiger partial charge in [-0.1, -0.05) is 0 Å². The summed E-state index contributed by atoms with van der Waals surface area (Å²) < 4.78 is -0.221. The molecule has 4 heteroatoms. The summed E-state index contributed by atoms with van der Waals surface area (Å²) in [5.41, 5.74) is 6.29. The Bertz CT molecular complexity index is 1140. The van der Waals surface area contributed by atoms with E-state index >= 15 is 0 Å². The third-order valence-electron chi connectivity index (χ3n) is 6.47. The molecule has 0 heterocycles. The fraction of sp³-hybridized carbons (Fsp3) is 0.0968. The maximum atomic E-state index is 2.49. The first kappa shape index (κ1) is 29.2. The zero-order chi connectivity index (χ0) is 21.9. The van der Waals surface area contributed by atoms with E-state index < -0.39 is 0 Å². The predicted octanol–water partition coefficient (Wildman–Crippen LogP) is -1.52. The molecule has 0 saturated heterocycles. The molecule has 0 spiro atoms. The van der Waals surface area contributed by atoms with Crippen LogP contribution < -0.4 is 37.2 Å². The molecular weight excluding hydrogens is 527 g/mol. The standard InChI is InChI=1S/C31H25.3ClH.Ti/c1-5-13-25(14-6-1)23-26-21-22-30(24-26)31(27-15-7-2-8-16-27,28-17-9-3-10-18-28)29-19-11-4-12-20-29;;;;/h1-22,24H,23H2;3*1H;/q;;;;+3/p-3. The second-order valence-electron chi connectivity index (χ2n) is 8.43. The summed E-state index contributed by atoms with van der Waals surface area (Å²) in [6, 6.07) is 43.7. The quantitative estimate of drug-likeness (QED) is 0.202. The molecule has 5 rings (SSSR count). The zero-order valence-electron chi connectivity index (χ0n) is 19.1. The van der Waals surface area contributed by atoms with E-state index in [1.165, 1.54) is 27.8 Å². The Morgan fingerprint density at radius 1 is 0.543 bits per heavy atom. The normalized spacial score (nSPS) is 16.3. The Morgan fingerprint density at radius 2 is 0.914 bits per heavy atom. The Hall–Kier alpha value is -2.06. The minimum atomic E-state index is -0.342. The molecule has 0 amide bonds. The van der Waals surface area contributed by atoms with E-state index in [0.29, 0.717) is 0 Å². The molecule has 1 atom stereocenters. The third-order valence-corrected chi connectivity index (χ3v) is 7.54. The Morgan fingerprint density at radius 3 is 1.31 bits per heavy atom. The molecule has 4 aromatic rings. The fourth-order valence-corrected chi connectivity index (χ4v) is 6.18. The van der Waals surface area contributed by atoms with Crippen molar-refractivity contribution in [1.82, 2.24) is 0 Å². The van der Waals surface area contributed by atoms with Crippen molar-refractivity contribution in [3.63, 3.8) is 0 Å². The van der Waals surface area contributed by atoms with Gasteiger partial charge in [0.05, 0.1) is 0 Å². The molecule has 0 aliphatic heterocycles. The maximum absolute atomic E-state index is 2.49. The van der Waals surface area contributed by atoms with Crippen molar-refractivity contribution < 1.29 is 57.7 Å². The van der Waals surface area contributed by atoms with Gasteiger partial charge in [0, 0.05) is 0 Å². The zero-order valence-corrected chi connectivity index (χ0v) is 22.9. The fourth-order valence-electron chi connectivity index (χ4n) is 5.08. The van der Waals surface area contributed by atoms with Gasteiger partial charge in [0.15, 0.2) is 0 Å². The monoisotopic (exact) mass is 550 g/mol. The third kappa shape index (κ3) is 5.53. The number of hydrogen-bond donors (Lipinski definition) is 0. The average Bonchev–Trinajstić information content (AvgIpc) is 3.23. The van der Waals surface area contributed by atoms with E-state index in [1.807, 2.05) is 0 Å². The Kier molecular flexibility index (Phi) is 10.6. The molecule has 0 fully saturated rings. The van der Waals surface area contributed by atoms with Crippen LogP contribution in [0.2, 0.25) is 3.72 Å². The van der Waals surface area contributed by atoms with E-state index in [0.717, 1.165) is 6.42 Å². The van der Waals surface area contributed by atoms with Crippen molar-refractivity contribution in [2.45, 2.75) is 15.6 Å². The summed E-state index contributed by atoms with van der Waals surface area (Å²) in [6.45, 7) is 0. The van der Waals surface area contributed by atoms with E-state index in [9.17, 15) is 0 Å². The van der Waals surface area contributed by atoms with Gasteiger partial charge in [0.1, 0.15) is 0 Å². The molecule has 0 nitrogen and oxygen atoms in total. The van der Waals surface area contributed by atoms with Crippen molar-refractivity contribution in [3.8, 4) is 0 Å². The van der Waals surface area contributed by atoms with Crippen molar-refractivity contribution >= 4 is 0 Å². The van der Waals surface area contributed by atoms with Crippen LogP contribution in [0.1, 0.15) is 22.3 Å². The molecule has 0 N–H and O–H groups in total. The molecule has 0 aromatic heterocycles. The van der Waals surface area contributed by atoms with Crippen LogP contribution in [0.3, 0.4) is 0 Å². The van der Waals surface area contributed by atoms with Crippen LogP contribution in [0.25, 0.3) is 0 Å². The van der Waals surface area contributed by atoms with Gasteiger partial charge >= 0.3 is 203 Å². The Balaban J connectivity index is 0.00000144. The molecule has 0 bridgehead atoms. The van der Waals surface area contributed by atoms with Crippen LogP contribution in [0.4, 0.5) is 0 Å². The van der Waals surface area contributed by atoms with Crippen molar-refractivity contribution in [3.05, 3.63) is 167 Å². The second kappa shape index (κ2) is 12.8. The molecule has 0 saturated carbocycles. The van der Waals surface area contributed by atoms with Crippen LogP contribution in [0.15, 0.2) is 145 Å². The van der Waals surface area contributed by atoms with Gasteiger partial charge in [0.2, 0.25) is 0 Å². The summed E-state index contributed by atoms with van der Waals surface area (Å²) in [4.78, 5) is 0. The number of hydrogen-bond acceptors (Lipinski definition) is 0. The summed E-state index contributed by atoms with van der Waals surface area (Å²) >= 11 is 2.38. The summed E-state index contributed by atoms with van der Waals surface area (Å²) in [6.07, 6.45) is 8.18. The van der Waals surface area contributed by atoms with E-state index in [1.54, 1.807) is 0 Å². The molecule has 4 aromatic carbocycles. The number of benzene rings is 4. The molecular formula is C31H25Cl3Ti. The van der Waals surface area contributed by atoms with Gasteiger partial charge < -0.3 is 37.2 Å². The number of halogens is 3. The van der Waals surface area contributed by atoms with Crippen LogP contribution in [-0.2, 0) is 32.3 Å². The SMILES string of the molecule is [Cl-].[Cl-].[Cl-].[Ti+3][C]1(C(c2ccccc2)(c2ccccc2)c2ccccc2)C=CC(Cc2ccccc2)=C1. The number of allylic oxidation sites excluding steroid dienone is 4. The van der Waals surface area contributed by atoms with E-state index in [-0.39, 0.29) is 46.4 Å². The first-order valence-corrected chi connectivity index (χ1v) is 11.9. The van der Waals surface area contributed by atoms with Crippen LogP contribution in [0, 0.1) is 0 Å². The van der Waals surface area contributed by atoms with Crippen molar-refractivity contribution in [1.29, 1.82) is 0 Å². The van der Waals surface area contributed by atoms with E-state index in [2.05, 4.69) is 160 Å². The minimum absolute atomic E-state index is 0. The molecule has 0 radical (unpaired) electrons. The summed E-state index contributed by atoms with van der Waals surface area (Å²) in [5.74, 6) is 0. The summed E-state index contributed by atoms with van der Waals surface area (Å²) in [7, 11) is 0. The van der Waals surface area contributed by atoms with Crippen molar-refractivity contribution in [2.24, 2.45) is 0 Å². The topological polar surface area (TPSA) is 0 Å². The van der Waals surface area contributed by atoms with Crippen LogP contribution in [0.5, 0.6) is 0 Å². The van der Waals surface area contributed by atoms with Gasteiger partial charge in [-0.3, -0.25) is 0 Å². The van der Waals surface area contributed by atoms with Gasteiger partial charge in [-0.15, -0.1) is 0 Å². The van der Waals surface area contributed by atoms with Crippen LogP contribution >= 0.6 is 0 Å². The predicted molar refractivity (Wildman–Crippen MR) is 129 cm³/mol. The van der Waals surface area contributed by atoms with Gasteiger partial charge in [-0.05, 0) is 0 Å². The number of rotatable bonds is 6. The molecule has 174 valence electrons. The average molecular weight is 552 g/mol.